The molecule has 11 heteroatoms. The van der Waals surface area contributed by atoms with Gasteiger partial charge in [0.25, 0.3) is 5.91 Å². The van der Waals surface area contributed by atoms with Crippen LogP contribution in [0, 0.1) is 5.92 Å². The standard InChI is InChI=1S/C37H44N8O3/c1-22(25-9-7-6-8-10-25)36(46)39-23(2)29-14-13-26-18-31(44(34(26)40-29)20-24-11-12-24)35-41-30-17-27(19-32(48-5)33(30)43(35)4)37(47)45-21-28(38)15-16-42(45)3/h6-10,13-14,17-19,22-24,28H,11-12,15-16,20-21,38H2,1-5H3,(H,39,46)/t22-,23-,28-/m1/s1. The number of rotatable bonds is 9. The predicted molar refractivity (Wildman–Crippen MR) is 186 cm³/mol. The third kappa shape index (κ3) is 5.92. The number of carbonyl (C=O) groups is 2. The molecule has 0 bridgehead atoms. The van der Waals surface area contributed by atoms with Crippen LogP contribution in [0.15, 0.2) is 60.7 Å². The zero-order valence-electron chi connectivity index (χ0n) is 28.3. The average Bonchev–Trinajstić information content (AvgIpc) is 3.77. The van der Waals surface area contributed by atoms with E-state index in [-0.39, 0.29) is 29.8 Å². The molecule has 1 aliphatic heterocycles. The number of amides is 2. The minimum absolute atomic E-state index is 0.0362. The van der Waals surface area contributed by atoms with Gasteiger partial charge >= 0.3 is 0 Å². The summed E-state index contributed by atoms with van der Waals surface area (Å²) in [5, 5.41) is 7.82. The van der Waals surface area contributed by atoms with Crippen LogP contribution in [0.4, 0.5) is 0 Å². The summed E-state index contributed by atoms with van der Waals surface area (Å²) in [6, 6.07) is 19.3. The first-order valence-corrected chi connectivity index (χ1v) is 16.8. The molecule has 1 aliphatic carbocycles. The number of imidazole rings is 1. The van der Waals surface area contributed by atoms with Crippen LogP contribution in [0.3, 0.4) is 0 Å². The lowest BCUT2D eigenvalue weighted by Crippen LogP contribution is -2.55. The highest BCUT2D eigenvalue weighted by atomic mass is 16.5. The molecule has 3 N–H and O–H groups in total. The molecule has 3 atom stereocenters. The van der Waals surface area contributed by atoms with Gasteiger partial charge in [0.05, 0.1) is 42.5 Å². The Bertz CT molecular complexity index is 2000. The molecule has 0 unspecified atom stereocenters. The molecule has 2 aromatic carbocycles. The van der Waals surface area contributed by atoms with Crippen molar-refractivity contribution < 1.29 is 14.3 Å². The highest BCUT2D eigenvalue weighted by molar-refractivity contribution is 6.00. The van der Waals surface area contributed by atoms with Gasteiger partial charge < -0.3 is 24.9 Å². The molecule has 7 rings (SSSR count). The SMILES string of the molecule is COc1cc(C(=O)N2C[C@H](N)CCN2C)cc2nc(-c3cc4ccc([C@@H](C)NC(=O)[C@H](C)c5ccccc5)nc4n3CC3CC3)n(C)c12. The predicted octanol–water partition coefficient (Wildman–Crippen LogP) is 5.01. The largest absolute Gasteiger partial charge is 0.494 e. The number of nitrogens with two attached hydrogens (primary N) is 1. The summed E-state index contributed by atoms with van der Waals surface area (Å²) < 4.78 is 10.1. The monoisotopic (exact) mass is 648 g/mol. The molecular weight excluding hydrogens is 604 g/mol. The number of methoxy groups -OCH3 is 1. The number of hydrogen-bond donors (Lipinski definition) is 2. The van der Waals surface area contributed by atoms with Crippen LogP contribution in [0.25, 0.3) is 33.6 Å². The third-order valence-electron chi connectivity index (χ3n) is 9.91. The summed E-state index contributed by atoms with van der Waals surface area (Å²) in [7, 11) is 5.51. The number of benzene rings is 2. The molecule has 5 aromatic rings. The second-order valence-electron chi connectivity index (χ2n) is 13.5. The van der Waals surface area contributed by atoms with E-state index in [1.807, 2.05) is 80.0 Å². The van der Waals surface area contributed by atoms with E-state index in [0.29, 0.717) is 29.3 Å². The van der Waals surface area contributed by atoms with Gasteiger partial charge in [-0.3, -0.25) is 14.6 Å². The van der Waals surface area contributed by atoms with E-state index in [2.05, 4.69) is 22.0 Å². The molecule has 2 fully saturated rings. The van der Waals surface area contributed by atoms with Crippen LogP contribution in [0.5, 0.6) is 5.75 Å². The molecule has 48 heavy (non-hydrogen) atoms. The molecule has 2 aliphatic rings. The van der Waals surface area contributed by atoms with Crippen LogP contribution >= 0.6 is 0 Å². The maximum absolute atomic E-state index is 13.7. The molecule has 11 nitrogen and oxygen atoms in total. The first-order chi connectivity index (χ1) is 23.1. The average molecular weight is 649 g/mol. The van der Waals surface area contributed by atoms with Crippen LogP contribution in [-0.4, -0.2) is 74.2 Å². The summed E-state index contributed by atoms with van der Waals surface area (Å²) in [4.78, 5) is 37.1. The smallest absolute Gasteiger partial charge is 0.268 e. The lowest BCUT2D eigenvalue weighted by Gasteiger charge is -2.38. The van der Waals surface area contributed by atoms with Crippen molar-refractivity contribution in [1.29, 1.82) is 0 Å². The molecule has 0 radical (unpaired) electrons. The van der Waals surface area contributed by atoms with E-state index < -0.39 is 0 Å². The Balaban J connectivity index is 1.24. The fraction of sp³-hybridized carbons (Fsp3) is 0.405. The Morgan fingerprint density at radius 1 is 1.02 bits per heavy atom. The van der Waals surface area contributed by atoms with E-state index >= 15 is 0 Å². The molecule has 0 spiro atoms. The fourth-order valence-corrected chi connectivity index (χ4v) is 6.75. The van der Waals surface area contributed by atoms with Crippen LogP contribution in [0.2, 0.25) is 0 Å². The first-order valence-electron chi connectivity index (χ1n) is 16.8. The first kappa shape index (κ1) is 31.8. The Hall–Kier alpha value is -4.74. The second-order valence-corrected chi connectivity index (χ2v) is 13.5. The van der Waals surface area contributed by atoms with E-state index in [1.54, 1.807) is 18.2 Å². The van der Waals surface area contributed by atoms with Crippen LogP contribution < -0.4 is 15.8 Å². The topological polar surface area (TPSA) is 124 Å². The summed E-state index contributed by atoms with van der Waals surface area (Å²) in [6.45, 7) is 5.91. The second kappa shape index (κ2) is 12.7. The molecule has 250 valence electrons. The quantitative estimate of drug-likeness (QED) is 0.230. The van der Waals surface area contributed by atoms with Crippen molar-refractivity contribution in [3.63, 3.8) is 0 Å². The summed E-state index contributed by atoms with van der Waals surface area (Å²) >= 11 is 0. The number of hydrazine groups is 1. The Morgan fingerprint density at radius 3 is 2.52 bits per heavy atom. The van der Waals surface area contributed by atoms with E-state index in [9.17, 15) is 9.59 Å². The molecule has 1 saturated carbocycles. The highest BCUT2D eigenvalue weighted by Crippen LogP contribution is 2.38. The lowest BCUT2D eigenvalue weighted by atomic mass is 10.00. The van der Waals surface area contributed by atoms with Gasteiger partial charge in [0.15, 0.2) is 5.82 Å². The molecule has 1 saturated heterocycles. The minimum atomic E-state index is -0.273. The number of ether oxygens (including phenoxy) is 1. The van der Waals surface area contributed by atoms with Gasteiger partial charge in [0.2, 0.25) is 5.91 Å². The molecule has 3 aromatic heterocycles. The van der Waals surface area contributed by atoms with Gasteiger partial charge in [-0.15, -0.1) is 0 Å². The van der Waals surface area contributed by atoms with Crippen molar-refractivity contribution >= 4 is 33.9 Å². The lowest BCUT2D eigenvalue weighted by molar-refractivity contribution is -0.122. The fourth-order valence-electron chi connectivity index (χ4n) is 6.75. The zero-order valence-corrected chi connectivity index (χ0v) is 28.3. The number of fused-ring (bicyclic) bond motifs is 2. The van der Waals surface area contributed by atoms with E-state index in [1.165, 1.54) is 12.8 Å². The molecular formula is C37H44N8O3. The van der Waals surface area contributed by atoms with Crippen molar-refractivity contribution in [2.45, 2.75) is 57.7 Å². The van der Waals surface area contributed by atoms with Gasteiger partial charge in [0.1, 0.15) is 16.9 Å². The van der Waals surface area contributed by atoms with Crippen molar-refractivity contribution in [2.75, 3.05) is 27.2 Å². The van der Waals surface area contributed by atoms with Gasteiger partial charge in [-0.2, -0.15) is 0 Å². The highest BCUT2D eigenvalue weighted by Gasteiger charge is 2.30. The minimum Gasteiger partial charge on any atom is -0.494 e. The van der Waals surface area contributed by atoms with Crippen LogP contribution in [-0.2, 0) is 18.4 Å². The molecule has 4 heterocycles. The van der Waals surface area contributed by atoms with Crippen molar-refractivity contribution in [3.8, 4) is 17.3 Å². The van der Waals surface area contributed by atoms with Gasteiger partial charge in [-0.1, -0.05) is 30.3 Å². The van der Waals surface area contributed by atoms with E-state index in [4.69, 9.17) is 20.4 Å². The number of nitrogens with zero attached hydrogens (tertiary/aromatic N) is 6. The van der Waals surface area contributed by atoms with Crippen molar-refractivity contribution in [2.24, 2.45) is 18.7 Å². The maximum atomic E-state index is 13.7. The third-order valence-corrected chi connectivity index (χ3v) is 9.91. The van der Waals surface area contributed by atoms with Gasteiger partial charge in [0, 0.05) is 44.2 Å². The van der Waals surface area contributed by atoms with Gasteiger partial charge in [-0.25, -0.2) is 15.0 Å². The number of aryl methyl sites for hydroxylation is 1. The number of pyridine rings is 1. The number of aromatic nitrogens is 4. The summed E-state index contributed by atoms with van der Waals surface area (Å²) in [6.07, 6.45) is 3.20. The Labute approximate surface area is 280 Å². The maximum Gasteiger partial charge on any atom is 0.268 e. The van der Waals surface area contributed by atoms with Gasteiger partial charge in [-0.05, 0) is 74.9 Å². The van der Waals surface area contributed by atoms with E-state index in [0.717, 1.165) is 58.8 Å². The number of nitrogens with one attached hydrogen (secondary N) is 1. The summed E-state index contributed by atoms with van der Waals surface area (Å²) in [5.74, 6) is 1.50. The normalized spacial score (nSPS) is 18.3. The summed E-state index contributed by atoms with van der Waals surface area (Å²) in [5.41, 5.74) is 11.8. The Morgan fingerprint density at radius 2 is 1.79 bits per heavy atom. The van der Waals surface area contributed by atoms with Crippen molar-refractivity contribution in [3.05, 3.63) is 77.5 Å². The Kier molecular flexibility index (Phi) is 8.43. The molecule has 2 amide bonds. The number of hydrogen-bond acceptors (Lipinski definition) is 7. The van der Waals surface area contributed by atoms with Crippen LogP contribution in [0.1, 0.15) is 66.7 Å². The van der Waals surface area contributed by atoms with Crippen molar-refractivity contribution in [1.82, 2.24) is 34.4 Å². The zero-order chi connectivity index (χ0) is 33.7. The number of carbonyl (C=O) groups excluding carboxylic acids is 2.